The van der Waals surface area contributed by atoms with Gasteiger partial charge >= 0.3 is 0 Å². The van der Waals surface area contributed by atoms with Crippen LogP contribution in [0.1, 0.15) is 44.6 Å². The van der Waals surface area contributed by atoms with Gasteiger partial charge in [0.2, 0.25) is 0 Å². The van der Waals surface area contributed by atoms with Crippen LogP contribution in [0.4, 0.5) is 4.39 Å². The van der Waals surface area contributed by atoms with Gasteiger partial charge in [-0.3, -0.25) is 0 Å². The summed E-state index contributed by atoms with van der Waals surface area (Å²) in [6, 6.07) is 6.93. The minimum Gasteiger partial charge on any atom is -0.378 e. The number of hydrogen-bond acceptors (Lipinski definition) is 2. The molecule has 1 aromatic rings. The molecule has 0 spiro atoms. The zero-order valence-corrected chi connectivity index (χ0v) is 12.6. The van der Waals surface area contributed by atoms with Gasteiger partial charge in [0.25, 0.3) is 0 Å². The molecule has 0 aromatic heterocycles. The zero-order valence-electron chi connectivity index (χ0n) is 12.6. The van der Waals surface area contributed by atoms with Crippen molar-refractivity contribution in [2.24, 2.45) is 5.92 Å². The third kappa shape index (κ3) is 4.88. The number of nitrogens with one attached hydrogen (secondary N) is 1. The van der Waals surface area contributed by atoms with E-state index in [0.29, 0.717) is 17.9 Å². The van der Waals surface area contributed by atoms with E-state index >= 15 is 0 Å². The lowest BCUT2D eigenvalue weighted by Crippen LogP contribution is -2.27. The molecular weight excluding hydrogens is 253 g/mol. The van der Waals surface area contributed by atoms with Gasteiger partial charge in [-0.25, -0.2) is 4.39 Å². The molecule has 0 amide bonds. The van der Waals surface area contributed by atoms with Crippen LogP contribution >= 0.6 is 0 Å². The van der Waals surface area contributed by atoms with E-state index in [1.165, 1.54) is 12.0 Å². The van der Waals surface area contributed by atoms with Crippen LogP contribution < -0.4 is 5.32 Å². The van der Waals surface area contributed by atoms with Crippen LogP contribution in [0.15, 0.2) is 24.3 Å². The fraction of sp³-hybridized carbons (Fsp3) is 0.647. The quantitative estimate of drug-likeness (QED) is 0.821. The monoisotopic (exact) mass is 279 g/mol. The molecule has 0 saturated carbocycles. The van der Waals surface area contributed by atoms with Gasteiger partial charge in [0, 0.05) is 13.2 Å². The molecule has 0 bridgehead atoms. The molecule has 2 rings (SSSR count). The third-order valence-corrected chi connectivity index (χ3v) is 3.86. The summed E-state index contributed by atoms with van der Waals surface area (Å²) in [4.78, 5) is 0. The van der Waals surface area contributed by atoms with E-state index in [1.807, 2.05) is 12.1 Å². The van der Waals surface area contributed by atoms with Crippen molar-refractivity contribution in [3.63, 3.8) is 0 Å². The van der Waals surface area contributed by atoms with Gasteiger partial charge in [-0.15, -0.1) is 0 Å². The van der Waals surface area contributed by atoms with Crippen LogP contribution in [0.25, 0.3) is 0 Å². The van der Waals surface area contributed by atoms with Gasteiger partial charge in [-0.05, 0) is 55.3 Å². The Morgan fingerprint density at radius 3 is 2.60 bits per heavy atom. The van der Waals surface area contributed by atoms with E-state index in [0.717, 1.165) is 32.5 Å². The molecule has 1 saturated heterocycles. The van der Waals surface area contributed by atoms with Gasteiger partial charge in [0.1, 0.15) is 5.82 Å². The number of halogens is 1. The first kappa shape index (κ1) is 15.5. The third-order valence-electron chi connectivity index (χ3n) is 3.86. The number of rotatable bonds is 7. The molecule has 1 aliphatic heterocycles. The van der Waals surface area contributed by atoms with Crippen molar-refractivity contribution in [2.75, 3.05) is 19.7 Å². The number of hydrogen-bond donors (Lipinski definition) is 1. The molecule has 1 N–H and O–H groups in total. The average molecular weight is 279 g/mol. The second kappa shape index (κ2) is 7.75. The van der Waals surface area contributed by atoms with Crippen LogP contribution in [0.2, 0.25) is 0 Å². The first-order chi connectivity index (χ1) is 9.65. The fourth-order valence-electron chi connectivity index (χ4n) is 2.77. The lowest BCUT2D eigenvalue weighted by molar-refractivity contribution is 0.0976. The van der Waals surface area contributed by atoms with Crippen molar-refractivity contribution >= 4 is 0 Å². The van der Waals surface area contributed by atoms with Gasteiger partial charge in [-0.2, -0.15) is 0 Å². The largest absolute Gasteiger partial charge is 0.378 e. The second-order valence-electron chi connectivity index (χ2n) is 6.17. The predicted octanol–water partition coefficient (Wildman–Crippen LogP) is 3.72. The molecule has 2 unspecified atom stereocenters. The van der Waals surface area contributed by atoms with E-state index in [4.69, 9.17) is 4.74 Å². The molecular formula is C17H26FNO. The second-order valence-corrected chi connectivity index (χ2v) is 6.17. The van der Waals surface area contributed by atoms with Gasteiger partial charge in [0.15, 0.2) is 0 Å². The Morgan fingerprint density at radius 2 is 2.00 bits per heavy atom. The van der Waals surface area contributed by atoms with Gasteiger partial charge < -0.3 is 10.1 Å². The highest BCUT2D eigenvalue weighted by atomic mass is 19.1. The summed E-state index contributed by atoms with van der Waals surface area (Å²) >= 11 is 0. The van der Waals surface area contributed by atoms with Crippen LogP contribution in [0.5, 0.6) is 0 Å². The summed E-state index contributed by atoms with van der Waals surface area (Å²) in [7, 11) is 0. The normalized spacial score (nSPS) is 20.5. The van der Waals surface area contributed by atoms with Crippen LogP contribution in [-0.4, -0.2) is 25.8 Å². The van der Waals surface area contributed by atoms with Crippen molar-refractivity contribution in [3.05, 3.63) is 35.6 Å². The Kier molecular flexibility index (Phi) is 5.99. The average Bonchev–Trinajstić information content (AvgIpc) is 2.91. The molecule has 112 valence electrons. The van der Waals surface area contributed by atoms with E-state index < -0.39 is 0 Å². The van der Waals surface area contributed by atoms with Crippen molar-refractivity contribution in [1.82, 2.24) is 5.32 Å². The lowest BCUT2D eigenvalue weighted by atomic mass is 9.92. The molecule has 2 nitrogen and oxygen atoms in total. The summed E-state index contributed by atoms with van der Waals surface area (Å²) in [6.07, 6.45) is 3.71. The summed E-state index contributed by atoms with van der Waals surface area (Å²) in [5.41, 5.74) is 1.21. The van der Waals surface area contributed by atoms with Crippen molar-refractivity contribution in [2.45, 2.75) is 45.1 Å². The first-order valence-corrected chi connectivity index (χ1v) is 7.73. The maximum atomic E-state index is 13.1. The number of ether oxygens (including phenoxy) is 1. The molecule has 1 aliphatic rings. The molecule has 3 heteroatoms. The van der Waals surface area contributed by atoms with E-state index in [1.54, 1.807) is 12.1 Å². The Balaban J connectivity index is 1.96. The van der Waals surface area contributed by atoms with Crippen LogP contribution in [-0.2, 0) is 4.74 Å². The summed E-state index contributed by atoms with van der Waals surface area (Å²) in [5.74, 6) is 0.879. The Morgan fingerprint density at radius 1 is 1.25 bits per heavy atom. The fourth-order valence-corrected chi connectivity index (χ4v) is 2.77. The highest BCUT2D eigenvalue weighted by molar-refractivity contribution is 5.21. The summed E-state index contributed by atoms with van der Waals surface area (Å²) in [6.45, 7) is 7.26. The molecule has 20 heavy (non-hydrogen) atoms. The minimum absolute atomic E-state index is 0.167. The summed E-state index contributed by atoms with van der Waals surface area (Å²) < 4.78 is 18.8. The van der Waals surface area contributed by atoms with Crippen molar-refractivity contribution in [1.29, 1.82) is 0 Å². The Hall–Kier alpha value is -0.930. The molecule has 1 heterocycles. The smallest absolute Gasteiger partial charge is 0.123 e. The highest BCUT2D eigenvalue weighted by Gasteiger charge is 2.22. The predicted molar refractivity (Wildman–Crippen MR) is 80.4 cm³/mol. The molecule has 1 aromatic carbocycles. The SMILES string of the molecule is CC(C)CNCC(CC1CCCO1)c1ccc(F)cc1. The lowest BCUT2D eigenvalue weighted by Gasteiger charge is -2.22. The molecule has 0 radical (unpaired) electrons. The van der Waals surface area contributed by atoms with E-state index in [9.17, 15) is 4.39 Å². The van der Waals surface area contributed by atoms with E-state index in [-0.39, 0.29) is 5.82 Å². The zero-order chi connectivity index (χ0) is 14.4. The molecule has 2 atom stereocenters. The maximum Gasteiger partial charge on any atom is 0.123 e. The Labute approximate surface area is 121 Å². The minimum atomic E-state index is -0.167. The van der Waals surface area contributed by atoms with Crippen LogP contribution in [0.3, 0.4) is 0 Å². The Bertz CT molecular complexity index is 384. The van der Waals surface area contributed by atoms with Gasteiger partial charge in [0.05, 0.1) is 6.10 Å². The summed E-state index contributed by atoms with van der Waals surface area (Å²) in [5, 5.41) is 3.52. The van der Waals surface area contributed by atoms with Crippen LogP contribution in [0, 0.1) is 11.7 Å². The highest BCUT2D eigenvalue weighted by Crippen LogP contribution is 2.26. The maximum absolute atomic E-state index is 13.1. The van der Waals surface area contributed by atoms with E-state index in [2.05, 4.69) is 19.2 Å². The topological polar surface area (TPSA) is 21.3 Å². The standard InChI is InChI=1S/C17H26FNO/c1-13(2)11-19-12-15(10-17-4-3-9-20-17)14-5-7-16(18)8-6-14/h5-8,13,15,17,19H,3-4,9-12H2,1-2H3. The molecule has 1 fully saturated rings. The van der Waals surface area contributed by atoms with Gasteiger partial charge in [-0.1, -0.05) is 26.0 Å². The number of benzene rings is 1. The van der Waals surface area contributed by atoms with Crippen molar-refractivity contribution in [3.8, 4) is 0 Å². The first-order valence-electron chi connectivity index (χ1n) is 7.73. The van der Waals surface area contributed by atoms with Crippen molar-refractivity contribution < 1.29 is 9.13 Å². The molecule has 0 aliphatic carbocycles.